The highest BCUT2D eigenvalue weighted by molar-refractivity contribution is 7.22. The van der Waals surface area contributed by atoms with E-state index in [1.54, 1.807) is 11.3 Å². The van der Waals surface area contributed by atoms with Gasteiger partial charge in [-0.25, -0.2) is 4.98 Å². The first-order chi connectivity index (χ1) is 14.0. The van der Waals surface area contributed by atoms with E-state index in [-0.39, 0.29) is 5.91 Å². The minimum Gasteiger partial charge on any atom is -0.370 e. The number of hydrogen-bond acceptors (Lipinski definition) is 4. The van der Waals surface area contributed by atoms with Gasteiger partial charge in [0, 0.05) is 5.56 Å². The molecule has 152 valence electrons. The number of hydrogen-bond donors (Lipinski definition) is 1. The molecule has 1 amide bonds. The lowest BCUT2D eigenvalue weighted by Gasteiger charge is -2.27. The molecule has 29 heavy (non-hydrogen) atoms. The van der Waals surface area contributed by atoms with Gasteiger partial charge < -0.3 is 9.64 Å². The quantitative estimate of drug-likeness (QED) is 0.704. The number of carbonyl (C=O) groups excluding carboxylic acids is 1. The number of quaternary nitrogens is 1. The second-order valence-electron chi connectivity index (χ2n) is 7.81. The molecule has 0 radical (unpaired) electrons. The van der Waals surface area contributed by atoms with Crippen LogP contribution in [0.2, 0.25) is 0 Å². The molecule has 1 aliphatic rings. The van der Waals surface area contributed by atoms with Crippen molar-refractivity contribution in [1.29, 1.82) is 0 Å². The van der Waals surface area contributed by atoms with Crippen LogP contribution in [0.3, 0.4) is 0 Å². The van der Waals surface area contributed by atoms with Gasteiger partial charge in [-0.2, -0.15) is 0 Å². The molecule has 3 aromatic rings. The molecule has 1 saturated heterocycles. The second-order valence-corrected chi connectivity index (χ2v) is 8.79. The minimum atomic E-state index is 0.0204. The van der Waals surface area contributed by atoms with Gasteiger partial charge in [-0.15, -0.1) is 0 Å². The molecule has 1 fully saturated rings. The van der Waals surface area contributed by atoms with E-state index >= 15 is 0 Å². The number of rotatable bonds is 5. The zero-order valence-electron chi connectivity index (χ0n) is 17.3. The van der Waals surface area contributed by atoms with Gasteiger partial charge in [-0.05, 0) is 44.0 Å². The van der Waals surface area contributed by atoms with E-state index in [1.807, 2.05) is 36.1 Å². The first-order valence-electron chi connectivity index (χ1n) is 10.2. The van der Waals surface area contributed by atoms with Crippen molar-refractivity contribution in [2.75, 3.05) is 44.3 Å². The summed E-state index contributed by atoms with van der Waals surface area (Å²) in [5.74, 6) is 0.0204. The summed E-state index contributed by atoms with van der Waals surface area (Å²) in [6.07, 6.45) is 0. The van der Waals surface area contributed by atoms with Crippen LogP contribution in [0.25, 0.3) is 10.2 Å². The second kappa shape index (κ2) is 8.61. The normalized spacial score (nSPS) is 15.0. The molecular formula is C23H28N3O2S+. The number of fused-ring (bicyclic) bond motifs is 1. The van der Waals surface area contributed by atoms with Crippen molar-refractivity contribution in [2.24, 2.45) is 0 Å². The number of aromatic nitrogens is 1. The maximum absolute atomic E-state index is 13.4. The molecular weight excluding hydrogens is 382 g/mol. The van der Waals surface area contributed by atoms with E-state index in [4.69, 9.17) is 9.72 Å². The topological polar surface area (TPSA) is 46.9 Å². The van der Waals surface area contributed by atoms with Gasteiger partial charge in [0.2, 0.25) is 0 Å². The third kappa shape index (κ3) is 4.34. The summed E-state index contributed by atoms with van der Waals surface area (Å²) in [7, 11) is 0. The predicted octanol–water partition coefficient (Wildman–Crippen LogP) is 2.78. The monoisotopic (exact) mass is 410 g/mol. The predicted molar refractivity (Wildman–Crippen MR) is 118 cm³/mol. The van der Waals surface area contributed by atoms with Crippen LogP contribution >= 0.6 is 11.3 Å². The Balaban J connectivity index is 1.67. The van der Waals surface area contributed by atoms with Gasteiger partial charge in [0.05, 0.1) is 36.5 Å². The number of aryl methyl sites for hydroxylation is 3. The van der Waals surface area contributed by atoms with Gasteiger partial charge in [0.25, 0.3) is 5.91 Å². The first-order valence-corrected chi connectivity index (χ1v) is 11.0. The average molecular weight is 411 g/mol. The average Bonchev–Trinajstić information content (AvgIpc) is 3.19. The van der Waals surface area contributed by atoms with Crippen LogP contribution in [0.1, 0.15) is 27.0 Å². The van der Waals surface area contributed by atoms with Crippen molar-refractivity contribution >= 4 is 32.6 Å². The first kappa shape index (κ1) is 20.0. The molecule has 0 unspecified atom stereocenters. The molecule has 0 atom stereocenters. The highest BCUT2D eigenvalue weighted by Gasteiger charge is 2.24. The fourth-order valence-corrected chi connectivity index (χ4v) is 4.82. The Bertz CT molecular complexity index is 968. The SMILES string of the molecule is Cc1ccc(C(=O)N(CC[NH+]2CCOCC2)c2nc3c(C)ccc(C)c3s2)cc1. The molecule has 6 heteroatoms. The number of thiazole rings is 1. The van der Waals surface area contributed by atoms with Crippen LogP contribution < -0.4 is 9.80 Å². The number of nitrogens with zero attached hydrogens (tertiary/aromatic N) is 2. The van der Waals surface area contributed by atoms with Gasteiger partial charge in [-0.1, -0.05) is 41.2 Å². The van der Waals surface area contributed by atoms with Crippen LogP contribution in [0.4, 0.5) is 5.13 Å². The summed E-state index contributed by atoms with van der Waals surface area (Å²) in [6.45, 7) is 11.3. The fraction of sp³-hybridized carbons (Fsp3) is 0.391. The van der Waals surface area contributed by atoms with Crippen LogP contribution in [-0.4, -0.2) is 50.3 Å². The van der Waals surface area contributed by atoms with Gasteiger partial charge >= 0.3 is 0 Å². The molecule has 2 aromatic carbocycles. The lowest BCUT2D eigenvalue weighted by Crippen LogP contribution is -3.14. The summed E-state index contributed by atoms with van der Waals surface area (Å²) in [4.78, 5) is 21.7. The van der Waals surface area contributed by atoms with Crippen molar-refractivity contribution in [1.82, 2.24) is 4.98 Å². The van der Waals surface area contributed by atoms with Crippen LogP contribution in [-0.2, 0) is 4.74 Å². The molecule has 0 spiro atoms. The van der Waals surface area contributed by atoms with E-state index in [9.17, 15) is 4.79 Å². The van der Waals surface area contributed by atoms with E-state index in [2.05, 4.69) is 26.0 Å². The van der Waals surface area contributed by atoms with Crippen molar-refractivity contribution in [3.05, 3.63) is 58.7 Å². The molecule has 0 bridgehead atoms. The lowest BCUT2D eigenvalue weighted by molar-refractivity contribution is -0.906. The Morgan fingerprint density at radius 3 is 2.45 bits per heavy atom. The zero-order chi connectivity index (χ0) is 20.4. The summed E-state index contributed by atoms with van der Waals surface area (Å²) in [5.41, 5.74) is 5.22. The summed E-state index contributed by atoms with van der Waals surface area (Å²) in [5, 5.41) is 0.788. The van der Waals surface area contributed by atoms with Crippen LogP contribution in [0, 0.1) is 20.8 Å². The fourth-order valence-electron chi connectivity index (χ4n) is 3.68. The zero-order valence-corrected chi connectivity index (χ0v) is 18.1. The highest BCUT2D eigenvalue weighted by Crippen LogP contribution is 2.33. The Labute approximate surface area is 175 Å². The van der Waals surface area contributed by atoms with E-state index in [0.29, 0.717) is 12.1 Å². The molecule has 0 aliphatic carbocycles. The number of amides is 1. The molecule has 0 saturated carbocycles. The van der Waals surface area contributed by atoms with Crippen molar-refractivity contribution < 1.29 is 14.4 Å². The Kier molecular flexibility index (Phi) is 5.94. The van der Waals surface area contributed by atoms with Crippen molar-refractivity contribution in [2.45, 2.75) is 20.8 Å². The number of carbonyl (C=O) groups is 1. The summed E-state index contributed by atoms with van der Waals surface area (Å²) in [6, 6.07) is 12.0. The minimum absolute atomic E-state index is 0.0204. The molecule has 5 nitrogen and oxygen atoms in total. The third-order valence-electron chi connectivity index (χ3n) is 5.59. The maximum atomic E-state index is 13.4. The standard InChI is InChI=1S/C23H27N3O2S/c1-16-4-8-19(9-5-16)22(27)26(11-10-25-12-14-28-15-13-25)23-24-20-17(2)6-7-18(3)21(20)29-23/h4-9H,10-15H2,1-3H3/p+1. The Hall–Kier alpha value is -2.28. The maximum Gasteiger partial charge on any atom is 0.260 e. The van der Waals surface area contributed by atoms with Crippen molar-refractivity contribution in [3.8, 4) is 0 Å². The molecule has 2 heterocycles. The van der Waals surface area contributed by atoms with Gasteiger partial charge in [-0.3, -0.25) is 9.69 Å². The van der Waals surface area contributed by atoms with Gasteiger partial charge in [0.1, 0.15) is 13.1 Å². The number of ether oxygens (including phenoxy) is 1. The number of benzene rings is 2. The van der Waals surface area contributed by atoms with Crippen LogP contribution in [0.15, 0.2) is 36.4 Å². The molecule has 1 N–H and O–H groups in total. The molecule has 1 aliphatic heterocycles. The van der Waals surface area contributed by atoms with Crippen LogP contribution in [0.5, 0.6) is 0 Å². The van der Waals surface area contributed by atoms with E-state index in [0.717, 1.165) is 54.6 Å². The Morgan fingerprint density at radius 1 is 1.07 bits per heavy atom. The third-order valence-corrected chi connectivity index (χ3v) is 6.81. The summed E-state index contributed by atoms with van der Waals surface area (Å²) < 4.78 is 6.64. The van der Waals surface area contributed by atoms with Crippen molar-refractivity contribution in [3.63, 3.8) is 0 Å². The van der Waals surface area contributed by atoms with E-state index < -0.39 is 0 Å². The molecule has 4 rings (SSSR count). The lowest BCUT2D eigenvalue weighted by atomic mass is 10.1. The summed E-state index contributed by atoms with van der Waals surface area (Å²) >= 11 is 1.62. The molecule has 1 aromatic heterocycles. The van der Waals surface area contributed by atoms with Gasteiger partial charge in [0.15, 0.2) is 5.13 Å². The number of nitrogens with one attached hydrogen (secondary N) is 1. The highest BCUT2D eigenvalue weighted by atomic mass is 32.1. The number of anilines is 1. The smallest absolute Gasteiger partial charge is 0.260 e. The Morgan fingerprint density at radius 2 is 1.76 bits per heavy atom. The van der Waals surface area contributed by atoms with E-state index in [1.165, 1.54) is 15.2 Å². The number of morpholine rings is 1. The largest absolute Gasteiger partial charge is 0.370 e.